The third kappa shape index (κ3) is 9.66. The summed E-state index contributed by atoms with van der Waals surface area (Å²) in [4.78, 5) is 49.5. The molecule has 9 heteroatoms. The molecule has 0 N–H and O–H groups in total. The number of cyclic esters (lactones) is 1. The molecular formula is C36H40O9. The number of hydrogen-bond acceptors (Lipinski definition) is 9. The minimum Gasteiger partial charge on any atom is -0.489 e. The molecule has 0 unspecified atom stereocenters. The van der Waals surface area contributed by atoms with Gasteiger partial charge in [-0.3, -0.25) is 4.79 Å². The average Bonchev–Trinajstić information content (AvgIpc) is 3.05. The Bertz CT molecular complexity index is 1480. The van der Waals surface area contributed by atoms with Crippen molar-refractivity contribution in [2.24, 2.45) is 0 Å². The summed E-state index contributed by atoms with van der Waals surface area (Å²) in [6.07, 6.45) is 4.93. The first kappa shape index (κ1) is 33.2. The van der Waals surface area contributed by atoms with E-state index in [9.17, 15) is 19.2 Å². The van der Waals surface area contributed by atoms with Crippen molar-refractivity contribution in [3.8, 4) is 11.5 Å². The minimum absolute atomic E-state index is 0.136. The summed E-state index contributed by atoms with van der Waals surface area (Å²) < 4.78 is 27.8. The number of fused-ring (bicyclic) bond motifs is 1. The van der Waals surface area contributed by atoms with E-state index in [0.29, 0.717) is 60.3 Å². The van der Waals surface area contributed by atoms with Gasteiger partial charge in [-0.2, -0.15) is 0 Å². The van der Waals surface area contributed by atoms with Crippen LogP contribution in [0.2, 0.25) is 0 Å². The molecule has 3 aromatic rings. The number of Topliss-reactive ketones (excluding diaryl/α,β-unsaturated/α-hetero) is 1. The van der Waals surface area contributed by atoms with Gasteiger partial charge in [0.15, 0.2) is 0 Å². The first-order valence-electron chi connectivity index (χ1n) is 15.3. The standard InChI is InChI=1S/C36H40O9/c1-24-8-7-11-30(37)10-6-4-5-9-29-20-31(43-22-25-12-16-27(17-13-25)34(38)41-2)21-32(33(29)36(40)45-24)44-23-26-14-18-28(19-15-26)35(39)42-3/h12-21,24H,4-11,22-23H2,1-3H3/t24-/m1/s1. The summed E-state index contributed by atoms with van der Waals surface area (Å²) in [6, 6.07) is 17.3. The van der Waals surface area contributed by atoms with Crippen LogP contribution in [0.4, 0.5) is 0 Å². The zero-order valence-corrected chi connectivity index (χ0v) is 26.1. The van der Waals surface area contributed by atoms with Crippen molar-refractivity contribution in [1.29, 1.82) is 0 Å². The van der Waals surface area contributed by atoms with Gasteiger partial charge in [-0.15, -0.1) is 0 Å². The number of hydrogen-bond donors (Lipinski definition) is 0. The quantitative estimate of drug-likeness (QED) is 0.199. The molecule has 0 amide bonds. The highest BCUT2D eigenvalue weighted by atomic mass is 16.5. The predicted octanol–water partition coefficient (Wildman–Crippen LogP) is 6.82. The lowest BCUT2D eigenvalue weighted by Gasteiger charge is -2.20. The number of carbonyl (C=O) groups is 4. The topological polar surface area (TPSA) is 114 Å². The normalized spacial score (nSPS) is 16.0. The highest BCUT2D eigenvalue weighted by Gasteiger charge is 2.24. The number of methoxy groups -OCH3 is 2. The van der Waals surface area contributed by atoms with E-state index in [-0.39, 0.29) is 25.1 Å². The molecule has 1 atom stereocenters. The number of carbonyl (C=O) groups excluding carboxylic acids is 4. The van der Waals surface area contributed by atoms with E-state index in [0.717, 1.165) is 36.0 Å². The summed E-state index contributed by atoms with van der Waals surface area (Å²) in [7, 11) is 2.67. The van der Waals surface area contributed by atoms with Crippen LogP contribution in [0.15, 0.2) is 60.7 Å². The molecule has 3 aromatic carbocycles. The second-order valence-corrected chi connectivity index (χ2v) is 11.1. The Morgan fingerprint density at radius 1 is 0.733 bits per heavy atom. The number of aryl methyl sites for hydroxylation is 1. The van der Waals surface area contributed by atoms with E-state index in [1.54, 1.807) is 54.6 Å². The van der Waals surface area contributed by atoms with Gasteiger partial charge in [-0.1, -0.05) is 30.7 Å². The molecule has 0 bridgehead atoms. The van der Waals surface area contributed by atoms with Crippen LogP contribution in [-0.2, 0) is 38.6 Å². The third-order valence-electron chi connectivity index (χ3n) is 7.69. The van der Waals surface area contributed by atoms with Crippen molar-refractivity contribution in [1.82, 2.24) is 0 Å². The molecule has 4 rings (SSSR count). The van der Waals surface area contributed by atoms with E-state index >= 15 is 0 Å². The Morgan fingerprint density at radius 3 is 1.89 bits per heavy atom. The first-order chi connectivity index (χ1) is 21.8. The predicted molar refractivity (Wildman–Crippen MR) is 167 cm³/mol. The summed E-state index contributed by atoms with van der Waals surface area (Å²) >= 11 is 0. The molecular weight excluding hydrogens is 576 g/mol. The van der Waals surface area contributed by atoms with Crippen LogP contribution in [0.25, 0.3) is 0 Å². The summed E-state index contributed by atoms with van der Waals surface area (Å²) in [6.45, 7) is 2.19. The minimum atomic E-state index is -0.484. The molecule has 0 aromatic heterocycles. The van der Waals surface area contributed by atoms with Crippen LogP contribution in [0.1, 0.15) is 99.6 Å². The van der Waals surface area contributed by atoms with Crippen molar-refractivity contribution in [3.05, 3.63) is 94.0 Å². The molecule has 0 radical (unpaired) electrons. The fourth-order valence-corrected chi connectivity index (χ4v) is 5.14. The smallest absolute Gasteiger partial charge is 0.342 e. The Kier molecular flexibility index (Phi) is 12.1. The fourth-order valence-electron chi connectivity index (χ4n) is 5.14. The Balaban J connectivity index is 1.63. The van der Waals surface area contributed by atoms with Crippen LogP contribution < -0.4 is 9.47 Å². The van der Waals surface area contributed by atoms with Crippen molar-refractivity contribution in [2.45, 2.75) is 77.6 Å². The van der Waals surface area contributed by atoms with E-state index < -0.39 is 17.9 Å². The van der Waals surface area contributed by atoms with Gasteiger partial charge in [-0.25, -0.2) is 14.4 Å². The van der Waals surface area contributed by atoms with Crippen LogP contribution in [0, 0.1) is 0 Å². The summed E-state index contributed by atoms with van der Waals surface area (Å²) in [5.41, 5.74) is 3.60. The summed E-state index contributed by atoms with van der Waals surface area (Å²) in [5.74, 6) is -0.237. The van der Waals surface area contributed by atoms with E-state index in [1.165, 1.54) is 14.2 Å². The second kappa shape index (κ2) is 16.4. The highest BCUT2D eigenvalue weighted by Crippen LogP contribution is 2.33. The monoisotopic (exact) mass is 616 g/mol. The molecule has 45 heavy (non-hydrogen) atoms. The van der Waals surface area contributed by atoms with Crippen molar-refractivity contribution < 1.29 is 42.9 Å². The lowest BCUT2D eigenvalue weighted by molar-refractivity contribution is -0.119. The van der Waals surface area contributed by atoms with Gasteiger partial charge in [0, 0.05) is 18.9 Å². The zero-order chi connectivity index (χ0) is 32.2. The Labute approximate surface area is 263 Å². The van der Waals surface area contributed by atoms with E-state index in [1.807, 2.05) is 13.0 Å². The number of rotatable bonds is 8. The maximum Gasteiger partial charge on any atom is 0.342 e. The maximum atomic E-state index is 13.6. The lowest BCUT2D eigenvalue weighted by Crippen LogP contribution is -2.18. The molecule has 0 saturated carbocycles. The van der Waals surface area contributed by atoms with Crippen LogP contribution in [-0.4, -0.2) is 44.0 Å². The molecule has 1 heterocycles. The van der Waals surface area contributed by atoms with Gasteiger partial charge in [0.05, 0.1) is 31.5 Å². The van der Waals surface area contributed by atoms with Crippen LogP contribution in [0.5, 0.6) is 11.5 Å². The SMILES string of the molecule is COC(=O)c1ccc(COc2cc3c(c(OCc4ccc(C(=O)OC)cc4)c2)C(=O)O[C@H](C)CCCC(=O)CCCCC3)cc1. The fraction of sp³-hybridized carbons (Fsp3) is 0.389. The van der Waals surface area contributed by atoms with Gasteiger partial charge in [-0.05, 0) is 86.1 Å². The largest absolute Gasteiger partial charge is 0.489 e. The zero-order valence-electron chi connectivity index (χ0n) is 26.1. The first-order valence-corrected chi connectivity index (χ1v) is 15.3. The van der Waals surface area contributed by atoms with Crippen LogP contribution in [0.3, 0.4) is 0 Å². The van der Waals surface area contributed by atoms with Crippen molar-refractivity contribution in [2.75, 3.05) is 14.2 Å². The Morgan fingerprint density at radius 2 is 1.29 bits per heavy atom. The maximum absolute atomic E-state index is 13.6. The van der Waals surface area contributed by atoms with Gasteiger partial charge in [0.2, 0.25) is 0 Å². The van der Waals surface area contributed by atoms with E-state index in [2.05, 4.69) is 0 Å². The molecule has 238 valence electrons. The molecule has 0 aliphatic carbocycles. The van der Waals surface area contributed by atoms with Crippen LogP contribution >= 0.6 is 0 Å². The van der Waals surface area contributed by atoms with Gasteiger partial charge < -0.3 is 23.7 Å². The Hall–Kier alpha value is -4.66. The summed E-state index contributed by atoms with van der Waals surface area (Å²) in [5, 5.41) is 0. The van der Waals surface area contributed by atoms with E-state index in [4.69, 9.17) is 23.7 Å². The van der Waals surface area contributed by atoms with Gasteiger partial charge in [0.1, 0.15) is 36.1 Å². The number of esters is 3. The van der Waals surface area contributed by atoms with Gasteiger partial charge >= 0.3 is 17.9 Å². The molecule has 0 fully saturated rings. The van der Waals surface area contributed by atoms with Crippen molar-refractivity contribution >= 4 is 23.7 Å². The van der Waals surface area contributed by atoms with Crippen molar-refractivity contribution in [3.63, 3.8) is 0 Å². The third-order valence-corrected chi connectivity index (χ3v) is 7.69. The van der Waals surface area contributed by atoms with Gasteiger partial charge in [0.25, 0.3) is 0 Å². The number of benzene rings is 3. The molecule has 1 aliphatic rings. The molecule has 1 aliphatic heterocycles. The molecule has 9 nitrogen and oxygen atoms in total. The lowest BCUT2D eigenvalue weighted by atomic mass is 9.98. The average molecular weight is 617 g/mol. The molecule has 0 spiro atoms. The number of ether oxygens (including phenoxy) is 5. The molecule has 0 saturated heterocycles. The highest BCUT2D eigenvalue weighted by molar-refractivity contribution is 5.95. The number of ketones is 1. The second-order valence-electron chi connectivity index (χ2n) is 11.1.